The van der Waals surface area contributed by atoms with Crippen LogP contribution in [0.2, 0.25) is 15.1 Å². The Morgan fingerprint density at radius 3 is 2.32 bits per heavy atom. The number of carbonyl (C=O) groups is 2. The smallest absolute Gasteiger partial charge is 0.313 e. The first kappa shape index (κ1) is 20.7. The molecule has 0 saturated carbocycles. The largest absolute Gasteiger partial charge is 0.469 e. The van der Waals surface area contributed by atoms with Gasteiger partial charge in [-0.3, -0.25) is 9.59 Å². The van der Waals surface area contributed by atoms with Crippen molar-refractivity contribution in [1.29, 1.82) is 0 Å². The van der Waals surface area contributed by atoms with Crippen LogP contribution in [0.1, 0.15) is 28.3 Å². The normalized spacial score (nSPS) is 19.3. The molecular weight excluding hydrogens is 421 g/mol. The fourth-order valence-corrected chi connectivity index (χ4v) is 4.42. The molecule has 4 nitrogen and oxygen atoms in total. The number of hydrogen-bond acceptors (Lipinski definition) is 3. The van der Waals surface area contributed by atoms with E-state index in [1.54, 1.807) is 0 Å². The van der Waals surface area contributed by atoms with Crippen LogP contribution < -0.4 is 5.32 Å². The molecule has 0 bridgehead atoms. The van der Waals surface area contributed by atoms with Gasteiger partial charge in [-0.15, -0.1) is 0 Å². The maximum atomic E-state index is 12.6. The van der Waals surface area contributed by atoms with Gasteiger partial charge in [0.15, 0.2) is 0 Å². The summed E-state index contributed by atoms with van der Waals surface area (Å²) in [4.78, 5) is 25.0. The minimum atomic E-state index is -0.438. The van der Waals surface area contributed by atoms with Crippen molar-refractivity contribution >= 4 is 46.7 Å². The monoisotopic (exact) mass is 437 g/mol. The fraction of sp³-hybridized carbons (Fsp3) is 0.238. The van der Waals surface area contributed by atoms with Crippen molar-refractivity contribution in [3.8, 4) is 0 Å². The SMILES string of the molecule is COC(=O)[C@H](c1ccccc1)[C@H]1C=C[C@H](NC(=O)c2c(Cl)cc(Cl)cc2Cl)C1. The zero-order valence-electron chi connectivity index (χ0n) is 15.0. The molecule has 1 N–H and O–H groups in total. The summed E-state index contributed by atoms with van der Waals surface area (Å²) in [6.07, 6.45) is 4.37. The number of hydrogen-bond donors (Lipinski definition) is 1. The van der Waals surface area contributed by atoms with E-state index in [1.165, 1.54) is 19.2 Å². The number of nitrogens with one attached hydrogen (secondary N) is 1. The first-order valence-corrected chi connectivity index (χ1v) is 9.80. The van der Waals surface area contributed by atoms with Crippen LogP contribution in [0.15, 0.2) is 54.6 Å². The van der Waals surface area contributed by atoms with E-state index in [0.29, 0.717) is 11.4 Å². The van der Waals surface area contributed by atoms with E-state index in [-0.39, 0.29) is 33.5 Å². The van der Waals surface area contributed by atoms with Gasteiger partial charge in [0.25, 0.3) is 5.91 Å². The molecule has 0 aromatic heterocycles. The second kappa shape index (κ2) is 8.99. The number of rotatable bonds is 5. The maximum absolute atomic E-state index is 12.6. The highest BCUT2D eigenvalue weighted by Crippen LogP contribution is 2.35. The zero-order valence-corrected chi connectivity index (χ0v) is 17.3. The first-order valence-electron chi connectivity index (χ1n) is 8.67. The Morgan fingerprint density at radius 1 is 1.07 bits per heavy atom. The third-order valence-electron chi connectivity index (χ3n) is 4.71. The first-order chi connectivity index (χ1) is 13.4. The van der Waals surface area contributed by atoms with Crippen LogP contribution in [0.4, 0.5) is 0 Å². The van der Waals surface area contributed by atoms with Gasteiger partial charge in [-0.2, -0.15) is 0 Å². The van der Waals surface area contributed by atoms with E-state index < -0.39 is 11.8 Å². The van der Waals surface area contributed by atoms with E-state index in [4.69, 9.17) is 39.5 Å². The van der Waals surface area contributed by atoms with Crippen molar-refractivity contribution in [2.75, 3.05) is 7.11 Å². The number of methoxy groups -OCH3 is 1. The Balaban J connectivity index is 1.74. The molecule has 0 radical (unpaired) electrons. The molecule has 146 valence electrons. The highest BCUT2D eigenvalue weighted by Gasteiger charge is 2.34. The second-order valence-electron chi connectivity index (χ2n) is 6.52. The van der Waals surface area contributed by atoms with Crippen LogP contribution in [-0.2, 0) is 9.53 Å². The summed E-state index contributed by atoms with van der Waals surface area (Å²) in [5, 5.41) is 3.63. The Bertz CT molecular complexity index is 891. The highest BCUT2D eigenvalue weighted by atomic mass is 35.5. The Morgan fingerprint density at radius 2 is 1.71 bits per heavy atom. The van der Waals surface area contributed by atoms with Crippen LogP contribution in [0, 0.1) is 5.92 Å². The number of ether oxygens (including phenoxy) is 1. The van der Waals surface area contributed by atoms with E-state index in [0.717, 1.165) is 5.56 Å². The Hall–Kier alpha value is -2.01. The number of allylic oxidation sites excluding steroid dienone is 1. The summed E-state index contributed by atoms with van der Waals surface area (Å²) in [6, 6.07) is 12.1. The van der Waals surface area contributed by atoms with Crippen LogP contribution in [0.25, 0.3) is 0 Å². The standard InChI is InChI=1S/C21H18Cl3NO3/c1-28-21(27)18(12-5-3-2-4-6-12)13-7-8-15(9-13)25-20(26)19-16(23)10-14(22)11-17(19)24/h2-8,10-11,13,15,18H,9H2,1H3,(H,25,26)/t13-,15-,18+/m0/s1. The van der Waals surface area contributed by atoms with Gasteiger partial charge < -0.3 is 10.1 Å². The Labute approximate surface area is 178 Å². The predicted molar refractivity (Wildman–Crippen MR) is 111 cm³/mol. The van der Waals surface area contributed by atoms with Gasteiger partial charge in [-0.25, -0.2) is 0 Å². The highest BCUT2D eigenvalue weighted by molar-refractivity contribution is 6.42. The number of carbonyl (C=O) groups excluding carboxylic acids is 2. The number of esters is 1. The van der Waals surface area contributed by atoms with Gasteiger partial charge in [0.05, 0.1) is 28.6 Å². The molecule has 0 fully saturated rings. The Kier molecular flexibility index (Phi) is 6.65. The van der Waals surface area contributed by atoms with Gasteiger partial charge in [-0.1, -0.05) is 77.3 Å². The molecule has 1 amide bonds. The minimum absolute atomic E-state index is 0.101. The molecule has 0 heterocycles. The van der Waals surface area contributed by atoms with Crippen molar-refractivity contribution in [2.45, 2.75) is 18.4 Å². The van der Waals surface area contributed by atoms with E-state index >= 15 is 0 Å². The van der Waals surface area contributed by atoms with Gasteiger partial charge >= 0.3 is 5.97 Å². The van der Waals surface area contributed by atoms with Crippen molar-refractivity contribution in [3.05, 3.63) is 80.8 Å². The molecule has 3 rings (SSSR count). The van der Waals surface area contributed by atoms with Crippen molar-refractivity contribution in [2.24, 2.45) is 5.92 Å². The lowest BCUT2D eigenvalue weighted by Gasteiger charge is -2.22. The quantitative estimate of drug-likeness (QED) is 0.510. The van der Waals surface area contributed by atoms with Crippen LogP contribution >= 0.6 is 34.8 Å². The van der Waals surface area contributed by atoms with Crippen molar-refractivity contribution in [1.82, 2.24) is 5.32 Å². The number of benzene rings is 2. The van der Waals surface area contributed by atoms with Crippen LogP contribution in [0.3, 0.4) is 0 Å². The van der Waals surface area contributed by atoms with Gasteiger partial charge in [0.1, 0.15) is 0 Å². The summed E-state index contributed by atoms with van der Waals surface area (Å²) >= 11 is 18.1. The van der Waals surface area contributed by atoms with Crippen LogP contribution in [-0.4, -0.2) is 25.0 Å². The van der Waals surface area contributed by atoms with E-state index in [9.17, 15) is 9.59 Å². The molecule has 0 spiro atoms. The fourth-order valence-electron chi connectivity index (χ4n) is 3.43. The van der Waals surface area contributed by atoms with Gasteiger partial charge in [0.2, 0.25) is 0 Å². The summed E-state index contributed by atoms with van der Waals surface area (Å²) in [6.45, 7) is 0. The van der Waals surface area contributed by atoms with Gasteiger partial charge in [0, 0.05) is 11.1 Å². The summed E-state index contributed by atoms with van der Waals surface area (Å²) in [5.74, 6) is -1.24. The molecule has 7 heteroatoms. The van der Waals surface area contributed by atoms with E-state index in [2.05, 4.69) is 5.32 Å². The molecule has 1 aliphatic carbocycles. The molecule has 2 aromatic rings. The third kappa shape index (κ3) is 4.52. The molecule has 0 saturated heterocycles. The lowest BCUT2D eigenvalue weighted by molar-refractivity contribution is -0.143. The number of amides is 1. The van der Waals surface area contributed by atoms with Gasteiger partial charge in [-0.05, 0) is 30.0 Å². The second-order valence-corrected chi connectivity index (χ2v) is 7.77. The molecular formula is C21H18Cl3NO3. The average Bonchev–Trinajstić information content (AvgIpc) is 3.09. The predicted octanol–water partition coefficient (Wildman–Crippen LogP) is 5.28. The topological polar surface area (TPSA) is 55.4 Å². The molecule has 0 unspecified atom stereocenters. The maximum Gasteiger partial charge on any atom is 0.313 e. The molecule has 28 heavy (non-hydrogen) atoms. The number of halogens is 3. The average molecular weight is 439 g/mol. The summed E-state index contributed by atoms with van der Waals surface area (Å²) < 4.78 is 5.00. The van der Waals surface area contributed by atoms with Crippen LogP contribution in [0.5, 0.6) is 0 Å². The summed E-state index contributed by atoms with van der Waals surface area (Å²) in [7, 11) is 1.38. The lowest BCUT2D eigenvalue weighted by atomic mass is 9.85. The molecule has 2 aromatic carbocycles. The minimum Gasteiger partial charge on any atom is -0.469 e. The summed E-state index contributed by atoms with van der Waals surface area (Å²) in [5.41, 5.74) is 1.05. The molecule has 0 aliphatic heterocycles. The van der Waals surface area contributed by atoms with Crippen molar-refractivity contribution < 1.29 is 14.3 Å². The molecule has 1 aliphatic rings. The lowest BCUT2D eigenvalue weighted by Crippen LogP contribution is -2.34. The molecule has 3 atom stereocenters. The third-order valence-corrected chi connectivity index (χ3v) is 5.52. The van der Waals surface area contributed by atoms with E-state index in [1.807, 2.05) is 42.5 Å². The zero-order chi connectivity index (χ0) is 20.3. The van der Waals surface area contributed by atoms with Crippen molar-refractivity contribution in [3.63, 3.8) is 0 Å².